The molecule has 0 saturated carbocycles. The maximum absolute atomic E-state index is 9.59. The molecule has 5 heteroatoms. The summed E-state index contributed by atoms with van der Waals surface area (Å²) in [5.41, 5.74) is 6.52. The minimum atomic E-state index is 0. The second kappa shape index (κ2) is 4.18. The topological polar surface area (TPSA) is 59.1 Å². The van der Waals surface area contributed by atoms with Crippen molar-refractivity contribution in [1.82, 2.24) is 4.98 Å². The molecule has 0 bridgehead atoms. The van der Waals surface area contributed by atoms with Crippen LogP contribution in [0.1, 0.15) is 0 Å². The van der Waals surface area contributed by atoms with Crippen LogP contribution in [0.3, 0.4) is 0 Å². The van der Waals surface area contributed by atoms with E-state index in [1.807, 2.05) is 12.1 Å². The fourth-order valence-electron chi connectivity index (χ4n) is 1.21. The lowest BCUT2D eigenvalue weighted by Gasteiger charge is -2.04. The number of hydrogen-bond donors (Lipinski definition) is 2. The Morgan fingerprint density at radius 3 is 2.86 bits per heavy atom. The molecule has 0 saturated heterocycles. The first-order valence-corrected chi connectivity index (χ1v) is 4.79. The summed E-state index contributed by atoms with van der Waals surface area (Å²) >= 11 is 2.17. The van der Waals surface area contributed by atoms with Crippen molar-refractivity contribution < 1.29 is 5.11 Å². The summed E-state index contributed by atoms with van der Waals surface area (Å²) in [6.45, 7) is 0. The van der Waals surface area contributed by atoms with Crippen LogP contribution in [0.25, 0.3) is 10.9 Å². The third-order valence-electron chi connectivity index (χ3n) is 1.84. The number of aromatic nitrogens is 1. The Morgan fingerprint density at radius 2 is 2.14 bits per heavy atom. The molecule has 0 amide bonds. The maximum Gasteiger partial charge on any atom is 0.165 e. The van der Waals surface area contributed by atoms with E-state index < -0.39 is 0 Å². The van der Waals surface area contributed by atoms with Crippen LogP contribution in [-0.4, -0.2) is 10.1 Å². The number of fused-ring (bicyclic) bond motifs is 1. The Morgan fingerprint density at radius 1 is 1.43 bits per heavy atom. The first kappa shape index (κ1) is 11.3. The lowest BCUT2D eigenvalue weighted by Crippen LogP contribution is -1.90. The summed E-state index contributed by atoms with van der Waals surface area (Å²) in [5, 5.41) is 10.5. The number of pyridine rings is 1. The van der Waals surface area contributed by atoms with Crippen molar-refractivity contribution >= 4 is 51.6 Å². The Bertz CT molecular complexity index is 476. The Kier molecular flexibility index (Phi) is 3.38. The van der Waals surface area contributed by atoms with Crippen molar-refractivity contribution in [3.8, 4) is 5.75 Å². The van der Waals surface area contributed by atoms with Gasteiger partial charge in [-0.05, 0) is 34.7 Å². The second-order valence-corrected chi connectivity index (χ2v) is 3.86. The SMILES string of the molecule is Cl.Nc1cc(I)c2cccnc2c1O. The van der Waals surface area contributed by atoms with Crippen LogP contribution in [0.4, 0.5) is 5.69 Å². The van der Waals surface area contributed by atoms with Gasteiger partial charge in [0.05, 0.1) is 5.69 Å². The van der Waals surface area contributed by atoms with Gasteiger partial charge in [0.15, 0.2) is 5.75 Å². The molecule has 0 aliphatic carbocycles. The van der Waals surface area contributed by atoms with Crippen molar-refractivity contribution in [3.05, 3.63) is 28.0 Å². The van der Waals surface area contributed by atoms with Crippen LogP contribution < -0.4 is 5.73 Å². The van der Waals surface area contributed by atoms with Crippen molar-refractivity contribution in [2.45, 2.75) is 0 Å². The normalized spacial score (nSPS) is 9.79. The molecule has 0 spiro atoms. The third kappa shape index (κ3) is 1.72. The van der Waals surface area contributed by atoms with E-state index in [0.29, 0.717) is 11.2 Å². The van der Waals surface area contributed by atoms with Crippen LogP contribution in [0, 0.1) is 3.57 Å². The molecule has 3 nitrogen and oxygen atoms in total. The fraction of sp³-hybridized carbons (Fsp3) is 0. The minimum absolute atomic E-state index is 0. The molecule has 74 valence electrons. The molecule has 14 heavy (non-hydrogen) atoms. The van der Waals surface area contributed by atoms with Gasteiger partial charge < -0.3 is 10.8 Å². The number of aromatic hydroxyl groups is 1. The van der Waals surface area contributed by atoms with E-state index in [1.54, 1.807) is 12.3 Å². The first-order chi connectivity index (χ1) is 6.20. The van der Waals surface area contributed by atoms with Crippen LogP contribution >= 0.6 is 35.0 Å². The van der Waals surface area contributed by atoms with Crippen LogP contribution in [0.2, 0.25) is 0 Å². The molecule has 0 unspecified atom stereocenters. The van der Waals surface area contributed by atoms with Gasteiger partial charge in [-0.25, -0.2) is 0 Å². The smallest absolute Gasteiger partial charge is 0.165 e. The highest BCUT2D eigenvalue weighted by Crippen LogP contribution is 2.32. The maximum atomic E-state index is 9.59. The molecule has 3 N–H and O–H groups in total. The predicted molar refractivity (Wildman–Crippen MR) is 67.8 cm³/mol. The zero-order valence-corrected chi connectivity index (χ0v) is 10.0. The summed E-state index contributed by atoms with van der Waals surface area (Å²) in [7, 11) is 0. The van der Waals surface area contributed by atoms with Gasteiger partial charge in [0.1, 0.15) is 5.52 Å². The molecule has 1 heterocycles. The quantitative estimate of drug-likeness (QED) is 0.445. The summed E-state index contributed by atoms with van der Waals surface area (Å²) in [6, 6.07) is 5.48. The van der Waals surface area contributed by atoms with E-state index in [4.69, 9.17) is 5.73 Å². The molecule has 1 aromatic heterocycles. The number of nitrogen functional groups attached to an aromatic ring is 1. The molecule has 0 fully saturated rings. The summed E-state index contributed by atoms with van der Waals surface area (Å²) < 4.78 is 0.996. The predicted octanol–water partition coefficient (Wildman–Crippen LogP) is 2.55. The molecule has 2 rings (SSSR count). The zero-order chi connectivity index (χ0) is 9.42. The van der Waals surface area contributed by atoms with Gasteiger partial charge in [-0.2, -0.15) is 0 Å². The molecule has 2 aromatic rings. The van der Waals surface area contributed by atoms with Crippen LogP contribution in [0.5, 0.6) is 5.75 Å². The van der Waals surface area contributed by atoms with Gasteiger partial charge in [-0.3, -0.25) is 4.98 Å². The molecule has 0 aliphatic rings. The lowest BCUT2D eigenvalue weighted by molar-refractivity contribution is 0.483. The number of phenolic OH excluding ortho intramolecular Hbond substituents is 1. The van der Waals surface area contributed by atoms with Gasteiger partial charge in [0, 0.05) is 15.2 Å². The molecule has 1 aromatic carbocycles. The van der Waals surface area contributed by atoms with E-state index >= 15 is 0 Å². The van der Waals surface area contributed by atoms with Crippen LogP contribution in [0.15, 0.2) is 24.4 Å². The number of phenols is 1. The summed E-state index contributed by atoms with van der Waals surface area (Å²) in [4.78, 5) is 4.07. The Balaban J connectivity index is 0.000000980. The van der Waals surface area contributed by atoms with Crippen LogP contribution in [-0.2, 0) is 0 Å². The average Bonchev–Trinajstić information content (AvgIpc) is 2.15. The lowest BCUT2D eigenvalue weighted by atomic mass is 10.2. The highest BCUT2D eigenvalue weighted by atomic mass is 127. The highest BCUT2D eigenvalue weighted by Gasteiger charge is 2.07. The number of halogens is 2. The monoisotopic (exact) mass is 322 g/mol. The van der Waals surface area contributed by atoms with E-state index in [2.05, 4.69) is 27.6 Å². The Labute approximate surface area is 101 Å². The third-order valence-corrected chi connectivity index (χ3v) is 2.74. The number of hydrogen-bond acceptors (Lipinski definition) is 3. The van der Waals surface area contributed by atoms with Gasteiger partial charge in [-0.1, -0.05) is 6.07 Å². The molecule has 0 atom stereocenters. The number of rotatable bonds is 0. The average molecular weight is 323 g/mol. The fourth-order valence-corrected chi connectivity index (χ4v) is 1.98. The van der Waals surface area contributed by atoms with E-state index in [1.165, 1.54) is 0 Å². The summed E-state index contributed by atoms with van der Waals surface area (Å²) in [6.07, 6.45) is 1.64. The van der Waals surface area contributed by atoms with Gasteiger partial charge in [0.25, 0.3) is 0 Å². The van der Waals surface area contributed by atoms with Crippen molar-refractivity contribution in [3.63, 3.8) is 0 Å². The van der Waals surface area contributed by atoms with Crippen molar-refractivity contribution in [1.29, 1.82) is 0 Å². The number of benzene rings is 1. The number of nitrogens with zero attached hydrogens (tertiary/aromatic N) is 1. The minimum Gasteiger partial charge on any atom is -0.504 e. The van der Waals surface area contributed by atoms with Crippen molar-refractivity contribution in [2.75, 3.05) is 5.73 Å². The summed E-state index contributed by atoms with van der Waals surface area (Å²) in [5.74, 6) is 0.0658. The van der Waals surface area contributed by atoms with Gasteiger partial charge >= 0.3 is 0 Å². The molecular formula is C9H8ClIN2O. The van der Waals surface area contributed by atoms with E-state index in [-0.39, 0.29) is 18.2 Å². The van der Waals surface area contributed by atoms with E-state index in [9.17, 15) is 5.11 Å². The number of anilines is 1. The second-order valence-electron chi connectivity index (χ2n) is 2.70. The van der Waals surface area contributed by atoms with Crippen molar-refractivity contribution in [2.24, 2.45) is 0 Å². The highest BCUT2D eigenvalue weighted by molar-refractivity contribution is 14.1. The standard InChI is InChI=1S/C9H7IN2O.ClH/c10-6-4-7(11)9(13)8-5(6)2-1-3-12-8;/h1-4,13H,11H2;1H. The van der Waals surface area contributed by atoms with Gasteiger partial charge in [-0.15, -0.1) is 12.4 Å². The van der Waals surface area contributed by atoms with Gasteiger partial charge in [0.2, 0.25) is 0 Å². The van der Waals surface area contributed by atoms with E-state index in [0.717, 1.165) is 8.96 Å². The number of nitrogens with two attached hydrogens (primary N) is 1. The molecule has 0 aliphatic heterocycles. The molecular weight excluding hydrogens is 314 g/mol. The molecule has 0 radical (unpaired) electrons. The first-order valence-electron chi connectivity index (χ1n) is 3.72. The largest absolute Gasteiger partial charge is 0.504 e. The Hall–Kier alpha value is -0.750. The zero-order valence-electron chi connectivity index (χ0n) is 7.07.